The molecule has 0 saturated carbocycles. The van der Waals surface area contributed by atoms with Gasteiger partial charge in [-0.2, -0.15) is 0 Å². The molecule has 4 nitrogen and oxygen atoms in total. The fourth-order valence-electron chi connectivity index (χ4n) is 2.61. The van der Waals surface area contributed by atoms with E-state index in [1.54, 1.807) is 0 Å². The van der Waals surface area contributed by atoms with Gasteiger partial charge in [0.1, 0.15) is 0 Å². The number of hydrogen-bond donors (Lipinski definition) is 2. The number of nitrogens with one attached hydrogen (secondary N) is 2. The highest BCUT2D eigenvalue weighted by molar-refractivity contribution is 5.73. The van der Waals surface area contributed by atoms with Gasteiger partial charge in [-0.25, -0.2) is 4.79 Å². The van der Waals surface area contributed by atoms with E-state index in [2.05, 4.69) is 23.6 Å². The van der Waals surface area contributed by atoms with Gasteiger partial charge in [0.25, 0.3) is 0 Å². The minimum atomic E-state index is -0.0946. The lowest BCUT2D eigenvalue weighted by Gasteiger charge is -2.22. The molecular formula is C17H26N2O2. The summed E-state index contributed by atoms with van der Waals surface area (Å²) in [5.41, 5.74) is 2.36. The number of urea groups is 1. The summed E-state index contributed by atoms with van der Waals surface area (Å²) in [6, 6.07) is 8.00. The van der Waals surface area contributed by atoms with Crippen molar-refractivity contribution in [1.82, 2.24) is 10.6 Å². The molecule has 2 rings (SSSR count). The summed E-state index contributed by atoms with van der Waals surface area (Å²) in [7, 11) is 0. The highest BCUT2D eigenvalue weighted by atomic mass is 16.5. The Balaban J connectivity index is 1.56. The van der Waals surface area contributed by atoms with Crippen LogP contribution < -0.4 is 10.6 Å². The van der Waals surface area contributed by atoms with Gasteiger partial charge in [-0.05, 0) is 50.2 Å². The van der Waals surface area contributed by atoms with Crippen LogP contribution in [0.25, 0.3) is 0 Å². The number of carbonyl (C=O) groups is 1. The molecule has 4 heteroatoms. The third kappa shape index (κ3) is 5.76. The third-order valence-electron chi connectivity index (χ3n) is 3.96. The minimum absolute atomic E-state index is 0.0946. The van der Waals surface area contributed by atoms with Crippen molar-refractivity contribution < 1.29 is 9.53 Å². The second-order valence-electron chi connectivity index (χ2n) is 5.67. The van der Waals surface area contributed by atoms with Gasteiger partial charge in [-0.15, -0.1) is 0 Å². The molecule has 21 heavy (non-hydrogen) atoms. The first-order valence-corrected chi connectivity index (χ1v) is 7.93. The maximum atomic E-state index is 11.7. The summed E-state index contributed by atoms with van der Waals surface area (Å²) < 4.78 is 5.68. The number of aryl methyl sites for hydroxylation is 1. The zero-order chi connectivity index (χ0) is 14.9. The molecule has 0 radical (unpaired) electrons. The van der Waals surface area contributed by atoms with Gasteiger partial charge < -0.3 is 15.4 Å². The van der Waals surface area contributed by atoms with Gasteiger partial charge in [0, 0.05) is 19.7 Å². The molecule has 0 aliphatic carbocycles. The summed E-state index contributed by atoms with van der Waals surface area (Å²) in [6.45, 7) is 4.23. The van der Waals surface area contributed by atoms with Crippen LogP contribution >= 0.6 is 0 Å². The molecule has 1 aromatic rings. The molecule has 116 valence electrons. The van der Waals surface area contributed by atoms with Gasteiger partial charge in [0.2, 0.25) is 0 Å². The second kappa shape index (κ2) is 8.67. The molecule has 1 aliphatic rings. The van der Waals surface area contributed by atoms with Crippen molar-refractivity contribution in [3.05, 3.63) is 35.4 Å². The van der Waals surface area contributed by atoms with Crippen LogP contribution in [0.2, 0.25) is 0 Å². The van der Waals surface area contributed by atoms with Gasteiger partial charge >= 0.3 is 6.03 Å². The van der Waals surface area contributed by atoms with E-state index in [0.717, 1.165) is 25.0 Å². The first-order chi connectivity index (χ1) is 10.3. The Morgan fingerprint density at radius 3 is 2.90 bits per heavy atom. The van der Waals surface area contributed by atoms with Crippen LogP contribution in [0.5, 0.6) is 0 Å². The van der Waals surface area contributed by atoms with Crippen molar-refractivity contribution in [3.8, 4) is 0 Å². The van der Waals surface area contributed by atoms with Crippen LogP contribution in [0.4, 0.5) is 4.79 Å². The zero-order valence-corrected chi connectivity index (χ0v) is 12.9. The first-order valence-electron chi connectivity index (χ1n) is 7.93. The number of hydrogen-bond acceptors (Lipinski definition) is 2. The monoisotopic (exact) mass is 290 g/mol. The van der Waals surface area contributed by atoms with Crippen molar-refractivity contribution in [1.29, 1.82) is 0 Å². The average molecular weight is 290 g/mol. The average Bonchev–Trinajstić information content (AvgIpc) is 2.52. The van der Waals surface area contributed by atoms with Crippen molar-refractivity contribution in [2.24, 2.45) is 0 Å². The number of benzene rings is 1. The Morgan fingerprint density at radius 2 is 2.14 bits per heavy atom. The number of amides is 2. The van der Waals surface area contributed by atoms with Gasteiger partial charge in [-0.3, -0.25) is 0 Å². The highest BCUT2D eigenvalue weighted by Crippen LogP contribution is 2.16. The van der Waals surface area contributed by atoms with E-state index in [0.29, 0.717) is 19.2 Å². The molecule has 1 saturated heterocycles. The quantitative estimate of drug-likeness (QED) is 0.791. The largest absolute Gasteiger partial charge is 0.378 e. The minimum Gasteiger partial charge on any atom is -0.378 e. The van der Waals surface area contributed by atoms with Crippen molar-refractivity contribution >= 4 is 6.03 Å². The van der Waals surface area contributed by atoms with Crippen molar-refractivity contribution in [3.63, 3.8) is 0 Å². The summed E-state index contributed by atoms with van der Waals surface area (Å²) in [5.74, 6) is 0. The summed E-state index contributed by atoms with van der Waals surface area (Å²) in [4.78, 5) is 11.7. The van der Waals surface area contributed by atoms with Gasteiger partial charge in [0.15, 0.2) is 0 Å². The third-order valence-corrected chi connectivity index (χ3v) is 3.96. The van der Waals surface area contributed by atoms with Gasteiger partial charge in [0.05, 0.1) is 6.10 Å². The normalized spacial score (nSPS) is 18.2. The first kappa shape index (κ1) is 15.8. The molecule has 1 fully saturated rings. The Kier molecular flexibility index (Phi) is 6.54. The molecule has 0 bridgehead atoms. The molecule has 1 aromatic carbocycles. The van der Waals surface area contributed by atoms with Crippen LogP contribution in [0.1, 0.15) is 43.2 Å². The molecule has 0 spiro atoms. The summed E-state index contributed by atoms with van der Waals surface area (Å²) >= 11 is 0. The van der Waals surface area contributed by atoms with E-state index in [-0.39, 0.29) is 6.03 Å². The summed E-state index contributed by atoms with van der Waals surface area (Å²) in [5, 5.41) is 5.80. The van der Waals surface area contributed by atoms with E-state index in [1.807, 2.05) is 18.2 Å². The molecule has 0 aromatic heterocycles. The number of rotatable bonds is 6. The van der Waals surface area contributed by atoms with Gasteiger partial charge in [-0.1, -0.05) is 24.3 Å². The molecule has 2 N–H and O–H groups in total. The van der Waals surface area contributed by atoms with E-state index >= 15 is 0 Å². The standard InChI is InChI=1S/C17H26N2O2/c1-14-7-2-3-8-15(14)13-19-17(20)18-11-6-10-16-9-4-5-12-21-16/h2-3,7-8,16H,4-6,9-13H2,1H3,(H2,18,19,20). The topological polar surface area (TPSA) is 50.4 Å². The molecule has 1 aliphatic heterocycles. The Hall–Kier alpha value is -1.55. The lowest BCUT2D eigenvalue weighted by Crippen LogP contribution is -2.36. The lowest BCUT2D eigenvalue weighted by atomic mass is 10.0. The van der Waals surface area contributed by atoms with E-state index in [4.69, 9.17) is 4.74 Å². The smallest absolute Gasteiger partial charge is 0.315 e. The van der Waals surface area contributed by atoms with Crippen LogP contribution in [-0.4, -0.2) is 25.3 Å². The molecule has 1 atom stereocenters. The fraction of sp³-hybridized carbons (Fsp3) is 0.588. The predicted octanol–water partition coefficient (Wildman–Crippen LogP) is 3.14. The number of ether oxygens (including phenoxy) is 1. The number of carbonyl (C=O) groups excluding carboxylic acids is 1. The van der Waals surface area contributed by atoms with E-state index < -0.39 is 0 Å². The predicted molar refractivity (Wildman–Crippen MR) is 84.2 cm³/mol. The lowest BCUT2D eigenvalue weighted by molar-refractivity contribution is 0.0103. The van der Waals surface area contributed by atoms with Crippen LogP contribution in [-0.2, 0) is 11.3 Å². The van der Waals surface area contributed by atoms with E-state index in [1.165, 1.54) is 24.8 Å². The molecule has 1 heterocycles. The fourth-order valence-corrected chi connectivity index (χ4v) is 2.61. The van der Waals surface area contributed by atoms with Crippen molar-refractivity contribution in [2.45, 2.75) is 51.7 Å². The SMILES string of the molecule is Cc1ccccc1CNC(=O)NCCCC1CCCCO1. The molecule has 1 unspecified atom stereocenters. The van der Waals surface area contributed by atoms with Crippen LogP contribution in [0.15, 0.2) is 24.3 Å². The highest BCUT2D eigenvalue weighted by Gasteiger charge is 2.13. The second-order valence-corrected chi connectivity index (χ2v) is 5.67. The molecular weight excluding hydrogens is 264 g/mol. The maximum Gasteiger partial charge on any atom is 0.315 e. The Bertz CT molecular complexity index is 442. The summed E-state index contributed by atoms with van der Waals surface area (Å²) in [6.07, 6.45) is 6.04. The van der Waals surface area contributed by atoms with Crippen LogP contribution in [0.3, 0.4) is 0 Å². The molecule has 2 amide bonds. The Labute approximate surface area is 127 Å². The van der Waals surface area contributed by atoms with Crippen molar-refractivity contribution in [2.75, 3.05) is 13.2 Å². The maximum absolute atomic E-state index is 11.7. The zero-order valence-electron chi connectivity index (χ0n) is 12.9. The Morgan fingerprint density at radius 1 is 1.29 bits per heavy atom. The van der Waals surface area contributed by atoms with E-state index in [9.17, 15) is 4.79 Å². The van der Waals surface area contributed by atoms with Crippen LogP contribution in [0, 0.1) is 6.92 Å².